The van der Waals surface area contributed by atoms with Gasteiger partial charge in [-0.15, -0.1) is 0 Å². The Morgan fingerprint density at radius 3 is 2.29 bits per heavy atom. The van der Waals surface area contributed by atoms with Gasteiger partial charge in [-0.25, -0.2) is 13.6 Å². The molecule has 0 saturated heterocycles. The third kappa shape index (κ3) is 3.77. The van der Waals surface area contributed by atoms with Crippen LogP contribution in [0.3, 0.4) is 0 Å². The maximum absolute atomic E-state index is 13.7. The van der Waals surface area contributed by atoms with Crippen LogP contribution in [0.4, 0.5) is 8.78 Å². The molecule has 0 bridgehead atoms. The van der Waals surface area contributed by atoms with Crippen molar-refractivity contribution in [2.45, 2.75) is 45.1 Å². The summed E-state index contributed by atoms with van der Waals surface area (Å²) in [6, 6.07) is 3.33. The molecule has 2 unspecified atom stereocenters. The van der Waals surface area contributed by atoms with Crippen LogP contribution in [-0.2, 0) is 9.59 Å². The fourth-order valence-electron chi connectivity index (χ4n) is 2.16. The topological polar surface area (TPSA) is 66.4 Å². The minimum atomic E-state index is -1.46. The van der Waals surface area contributed by atoms with Crippen LogP contribution in [0.5, 0.6) is 0 Å². The smallest absolute Gasteiger partial charge is 0.329 e. The molecule has 21 heavy (non-hydrogen) atoms. The highest BCUT2D eigenvalue weighted by molar-refractivity contribution is 5.90. The van der Waals surface area contributed by atoms with Crippen molar-refractivity contribution in [1.29, 1.82) is 0 Å². The summed E-state index contributed by atoms with van der Waals surface area (Å²) in [4.78, 5) is 23.4. The van der Waals surface area contributed by atoms with Gasteiger partial charge in [0, 0.05) is 5.56 Å². The van der Waals surface area contributed by atoms with E-state index in [1.165, 1.54) is 19.9 Å². The van der Waals surface area contributed by atoms with Crippen LogP contribution in [0.2, 0.25) is 0 Å². The van der Waals surface area contributed by atoms with E-state index in [1.54, 1.807) is 6.92 Å². The van der Waals surface area contributed by atoms with Crippen molar-refractivity contribution in [2.24, 2.45) is 0 Å². The molecule has 1 aromatic carbocycles. The SMILES string of the molecule is CCCC(C)(NC(=O)C(C)c1c(F)cccc1F)C(=O)O. The minimum absolute atomic E-state index is 0.223. The van der Waals surface area contributed by atoms with E-state index in [4.69, 9.17) is 0 Å². The van der Waals surface area contributed by atoms with Crippen LogP contribution >= 0.6 is 0 Å². The second kappa shape index (κ2) is 6.65. The Hall–Kier alpha value is -1.98. The van der Waals surface area contributed by atoms with Crippen molar-refractivity contribution in [3.05, 3.63) is 35.4 Å². The average molecular weight is 299 g/mol. The average Bonchev–Trinajstić information content (AvgIpc) is 2.38. The zero-order chi connectivity index (χ0) is 16.2. The number of benzene rings is 1. The molecule has 0 spiro atoms. The van der Waals surface area contributed by atoms with Gasteiger partial charge in [-0.05, 0) is 32.4 Å². The molecule has 6 heteroatoms. The normalized spacial score (nSPS) is 15.1. The molecule has 2 N–H and O–H groups in total. The maximum Gasteiger partial charge on any atom is 0.329 e. The third-order valence-electron chi connectivity index (χ3n) is 3.45. The Labute approximate surface area is 122 Å². The standard InChI is InChI=1S/C15H19F2NO3/c1-4-8-15(3,14(20)21)18-13(19)9(2)12-10(16)6-5-7-11(12)17/h5-7,9H,4,8H2,1-3H3,(H,18,19)(H,20,21). The monoisotopic (exact) mass is 299 g/mol. The van der Waals surface area contributed by atoms with Gasteiger partial charge in [-0.2, -0.15) is 0 Å². The summed E-state index contributed by atoms with van der Waals surface area (Å²) in [7, 11) is 0. The van der Waals surface area contributed by atoms with Crippen LogP contribution in [0.15, 0.2) is 18.2 Å². The highest BCUT2D eigenvalue weighted by Crippen LogP contribution is 2.24. The molecule has 1 aromatic rings. The van der Waals surface area contributed by atoms with E-state index < -0.39 is 35.0 Å². The summed E-state index contributed by atoms with van der Waals surface area (Å²) >= 11 is 0. The van der Waals surface area contributed by atoms with Crippen molar-refractivity contribution in [3.63, 3.8) is 0 Å². The summed E-state index contributed by atoms with van der Waals surface area (Å²) in [5, 5.41) is 11.6. The summed E-state index contributed by atoms with van der Waals surface area (Å²) < 4.78 is 27.3. The number of carboxylic acids is 1. The number of rotatable bonds is 6. The molecule has 4 nitrogen and oxygen atoms in total. The lowest BCUT2D eigenvalue weighted by molar-refractivity contribution is -0.147. The molecule has 0 heterocycles. The fourth-order valence-corrected chi connectivity index (χ4v) is 2.16. The highest BCUT2D eigenvalue weighted by Gasteiger charge is 2.36. The van der Waals surface area contributed by atoms with Crippen molar-refractivity contribution in [1.82, 2.24) is 5.32 Å². The third-order valence-corrected chi connectivity index (χ3v) is 3.45. The number of hydrogen-bond donors (Lipinski definition) is 2. The number of hydrogen-bond acceptors (Lipinski definition) is 2. The summed E-state index contributed by atoms with van der Waals surface area (Å²) in [5.74, 6) is -4.69. The molecule has 0 aliphatic heterocycles. The second-order valence-corrected chi connectivity index (χ2v) is 5.23. The molecule has 1 amide bonds. The van der Waals surface area contributed by atoms with Crippen molar-refractivity contribution in [3.8, 4) is 0 Å². The van der Waals surface area contributed by atoms with Gasteiger partial charge in [0.15, 0.2) is 0 Å². The summed E-state index contributed by atoms with van der Waals surface area (Å²) in [6.45, 7) is 4.50. The Morgan fingerprint density at radius 1 is 1.33 bits per heavy atom. The molecule has 0 aliphatic carbocycles. The summed E-state index contributed by atoms with van der Waals surface area (Å²) in [6.07, 6.45) is 0.770. The van der Waals surface area contributed by atoms with Crippen LogP contribution in [0.1, 0.15) is 45.1 Å². The number of halogens is 2. The largest absolute Gasteiger partial charge is 0.480 e. The number of aliphatic carboxylic acids is 1. The van der Waals surface area contributed by atoms with Gasteiger partial charge in [0.2, 0.25) is 5.91 Å². The van der Waals surface area contributed by atoms with E-state index in [-0.39, 0.29) is 12.0 Å². The van der Waals surface area contributed by atoms with Gasteiger partial charge < -0.3 is 10.4 Å². The summed E-state index contributed by atoms with van der Waals surface area (Å²) in [5.41, 5.74) is -1.82. The second-order valence-electron chi connectivity index (χ2n) is 5.23. The van der Waals surface area contributed by atoms with Crippen LogP contribution < -0.4 is 5.32 Å². The number of carboxylic acid groups (broad SMARTS) is 1. The molecule has 0 aliphatic rings. The molecule has 0 aromatic heterocycles. The van der Waals surface area contributed by atoms with Crippen molar-refractivity contribution >= 4 is 11.9 Å². The Morgan fingerprint density at radius 2 is 1.86 bits per heavy atom. The Kier molecular flexibility index (Phi) is 5.41. The van der Waals surface area contributed by atoms with E-state index in [0.717, 1.165) is 12.1 Å². The first-order chi connectivity index (χ1) is 9.73. The zero-order valence-electron chi connectivity index (χ0n) is 12.2. The Bertz CT molecular complexity index is 527. The van der Waals surface area contributed by atoms with Gasteiger partial charge in [0.05, 0.1) is 5.92 Å². The first-order valence-electron chi connectivity index (χ1n) is 6.72. The van der Waals surface area contributed by atoms with Crippen LogP contribution in [0, 0.1) is 11.6 Å². The molecular weight excluding hydrogens is 280 g/mol. The molecule has 1 rings (SSSR count). The van der Waals surface area contributed by atoms with Crippen LogP contribution in [0.25, 0.3) is 0 Å². The van der Waals surface area contributed by atoms with Gasteiger partial charge in [-0.1, -0.05) is 19.4 Å². The molecule has 0 saturated carbocycles. The number of carbonyl (C=O) groups excluding carboxylic acids is 1. The van der Waals surface area contributed by atoms with E-state index in [2.05, 4.69) is 5.32 Å². The number of amides is 1. The van der Waals surface area contributed by atoms with Crippen LogP contribution in [-0.4, -0.2) is 22.5 Å². The van der Waals surface area contributed by atoms with E-state index >= 15 is 0 Å². The van der Waals surface area contributed by atoms with Crippen molar-refractivity contribution in [2.75, 3.05) is 0 Å². The molecule has 0 fully saturated rings. The quantitative estimate of drug-likeness (QED) is 0.849. The first kappa shape index (κ1) is 17.1. The predicted molar refractivity (Wildman–Crippen MR) is 73.9 cm³/mol. The lowest BCUT2D eigenvalue weighted by atomic mass is 9.93. The van der Waals surface area contributed by atoms with E-state index in [9.17, 15) is 23.5 Å². The van der Waals surface area contributed by atoms with Gasteiger partial charge in [0.1, 0.15) is 17.2 Å². The lowest BCUT2D eigenvalue weighted by Gasteiger charge is -2.27. The number of carbonyl (C=O) groups is 2. The number of nitrogens with one attached hydrogen (secondary N) is 1. The first-order valence-corrected chi connectivity index (χ1v) is 6.72. The maximum atomic E-state index is 13.7. The van der Waals surface area contributed by atoms with Crippen molar-refractivity contribution < 1.29 is 23.5 Å². The lowest BCUT2D eigenvalue weighted by Crippen LogP contribution is -2.53. The van der Waals surface area contributed by atoms with Gasteiger partial charge >= 0.3 is 5.97 Å². The predicted octanol–water partition coefficient (Wildman–Crippen LogP) is 2.83. The molecule has 0 radical (unpaired) electrons. The van der Waals surface area contributed by atoms with Gasteiger partial charge in [0.25, 0.3) is 0 Å². The highest BCUT2D eigenvalue weighted by atomic mass is 19.1. The molecule has 2 atom stereocenters. The molecular formula is C15H19F2NO3. The van der Waals surface area contributed by atoms with E-state index in [0.29, 0.717) is 6.42 Å². The Balaban J connectivity index is 3.00. The fraction of sp³-hybridized carbons (Fsp3) is 0.467. The zero-order valence-corrected chi connectivity index (χ0v) is 12.2. The van der Waals surface area contributed by atoms with Gasteiger partial charge in [-0.3, -0.25) is 4.79 Å². The molecule has 116 valence electrons. The minimum Gasteiger partial charge on any atom is -0.480 e. The van der Waals surface area contributed by atoms with E-state index in [1.807, 2.05) is 0 Å².